The van der Waals surface area contributed by atoms with E-state index in [1.165, 1.54) is 6.92 Å². The number of nitrogens with one attached hydrogen (secondary N) is 9. The zero-order chi connectivity index (χ0) is 59.3. The van der Waals surface area contributed by atoms with E-state index in [0.29, 0.717) is 25.8 Å². The van der Waals surface area contributed by atoms with Crippen molar-refractivity contribution in [2.45, 2.75) is 190 Å². The molecule has 32 heteroatoms. The molecule has 2 aliphatic rings. The largest absolute Gasteiger partial charge is 0.480 e. The van der Waals surface area contributed by atoms with Crippen LogP contribution in [-0.4, -0.2) is 255 Å². The second kappa shape index (κ2) is 33.3. The summed E-state index contributed by atoms with van der Waals surface area (Å²) >= 11 is 0. The summed E-state index contributed by atoms with van der Waals surface area (Å²) in [5.41, 5.74) is 6.19. The first-order valence-electron chi connectivity index (χ1n) is 25.4. The normalized spacial score (nSPS) is 27.0. The second-order valence-corrected chi connectivity index (χ2v) is 19.2. The fourth-order valence-corrected chi connectivity index (χ4v) is 8.06. The lowest BCUT2D eigenvalue weighted by atomic mass is 9.96. The van der Waals surface area contributed by atoms with Crippen LogP contribution in [0.2, 0.25) is 0 Å². The molecule has 0 bridgehead atoms. The molecule has 2 heterocycles. The number of amides is 8. The van der Waals surface area contributed by atoms with Crippen LogP contribution in [0, 0.1) is 5.92 Å². The maximum Gasteiger partial charge on any atom is 0.322 e. The van der Waals surface area contributed by atoms with Crippen LogP contribution in [0.15, 0.2) is 0 Å². The molecule has 2 saturated heterocycles. The summed E-state index contributed by atoms with van der Waals surface area (Å²) in [6.07, 6.45) is -17.8. The number of hydrogen-bond acceptors (Lipinski definition) is 23. The lowest BCUT2D eigenvalue weighted by molar-refractivity contribution is -0.281. The highest BCUT2D eigenvalue weighted by atomic mass is 16.7. The number of rotatable bonds is 32. The molecule has 0 aliphatic carbocycles. The molecule has 32 nitrogen and oxygen atoms in total. The molecule has 78 heavy (non-hydrogen) atoms. The van der Waals surface area contributed by atoms with E-state index in [9.17, 15) is 84.0 Å². The van der Waals surface area contributed by atoms with E-state index in [-0.39, 0.29) is 6.42 Å². The molecule has 0 aromatic heterocycles. The summed E-state index contributed by atoms with van der Waals surface area (Å²) in [5, 5.41) is 115. The average molecular weight is 1130 g/mol. The number of aliphatic hydroxyl groups excluding tert-OH is 8. The highest BCUT2D eigenvalue weighted by molar-refractivity contribution is 5.97. The van der Waals surface area contributed by atoms with Crippen molar-refractivity contribution in [1.29, 1.82) is 0 Å². The zero-order valence-electron chi connectivity index (χ0n) is 44.8. The van der Waals surface area contributed by atoms with Crippen LogP contribution >= 0.6 is 0 Å². The Morgan fingerprint density at radius 2 is 1.08 bits per heavy atom. The van der Waals surface area contributed by atoms with E-state index in [4.69, 9.17) is 29.8 Å². The standard InChI is InChI=1S/C46H82N10O22/c1-9-18(2)29(47)41(71)56-32(21(5)76-46-34(51-23(7)62)38(68)36(66)27(16-58)78-46)44(74)55-31(20(4)60)43(73)53-25(17-75-45-33(50-22(6)61)37(67)35(65)26(15-57)77-45)40(70)54-30(19(3)59)42(72)52-24(12-10-11-13-48-8)39(69)49-14-28(63)64/h18-21,24-27,29-38,45-46,48,57-60,65-68H,9-17,47H2,1-8H3,(H,49,69)(H,50,61)(H,51,62)(H,52,72)(H,53,73)(H,54,70)(H,55,74)(H,56,71)(H,63,64)/t18-,19+,20+,21+,24-,25?,26?,27?,29?,30?,31?,32?,33?,34?,35-,36-,37?,38?,45-,46-/m0/s1. The number of carbonyl (C=O) groups excluding carboxylic acids is 8. The molecule has 0 aromatic rings. The van der Waals surface area contributed by atoms with Gasteiger partial charge in [0.25, 0.3) is 0 Å². The molecule has 20 atom stereocenters. The van der Waals surface area contributed by atoms with Gasteiger partial charge in [-0.1, -0.05) is 20.3 Å². The van der Waals surface area contributed by atoms with Crippen molar-refractivity contribution >= 4 is 53.2 Å². The lowest BCUT2D eigenvalue weighted by Gasteiger charge is -2.43. The van der Waals surface area contributed by atoms with Gasteiger partial charge in [-0.05, 0) is 59.5 Å². The van der Waals surface area contributed by atoms with Crippen molar-refractivity contribution in [3.63, 3.8) is 0 Å². The predicted molar refractivity (Wildman–Crippen MR) is 266 cm³/mol. The van der Waals surface area contributed by atoms with Gasteiger partial charge in [0.15, 0.2) is 12.6 Å². The minimum Gasteiger partial charge on any atom is -0.480 e. The van der Waals surface area contributed by atoms with E-state index in [1.807, 2.05) is 0 Å². The lowest BCUT2D eigenvalue weighted by Crippen LogP contribution is -2.67. The summed E-state index contributed by atoms with van der Waals surface area (Å²) in [6.45, 7) is 5.70. The first-order chi connectivity index (χ1) is 36.5. The van der Waals surface area contributed by atoms with E-state index < -0.39 is 201 Å². The zero-order valence-corrected chi connectivity index (χ0v) is 44.8. The quantitative estimate of drug-likeness (QED) is 0.0278. The van der Waals surface area contributed by atoms with Crippen molar-refractivity contribution in [2.75, 3.05) is 40.0 Å². The molecule has 0 saturated carbocycles. The fourth-order valence-electron chi connectivity index (χ4n) is 8.06. The Kier molecular flexibility index (Phi) is 29.4. The number of carboxylic acids is 1. The number of hydrogen-bond donors (Lipinski definition) is 19. The monoisotopic (exact) mass is 1130 g/mol. The van der Waals surface area contributed by atoms with Gasteiger partial charge in [0.1, 0.15) is 85.5 Å². The molecule has 0 aromatic carbocycles. The smallest absolute Gasteiger partial charge is 0.322 e. The third kappa shape index (κ3) is 20.7. The Labute approximate surface area is 449 Å². The van der Waals surface area contributed by atoms with Gasteiger partial charge in [0.2, 0.25) is 47.3 Å². The van der Waals surface area contributed by atoms with Crippen LogP contribution in [0.4, 0.5) is 0 Å². The van der Waals surface area contributed by atoms with Crippen LogP contribution in [0.25, 0.3) is 0 Å². The summed E-state index contributed by atoms with van der Waals surface area (Å²) < 4.78 is 23.0. The highest BCUT2D eigenvalue weighted by Gasteiger charge is 2.49. The molecule has 11 unspecified atom stereocenters. The fraction of sp³-hybridized carbons (Fsp3) is 0.804. The van der Waals surface area contributed by atoms with Gasteiger partial charge in [0.05, 0.1) is 44.2 Å². The Balaban J connectivity index is 2.66. The molecule has 2 aliphatic heterocycles. The Morgan fingerprint density at radius 3 is 1.54 bits per heavy atom. The van der Waals surface area contributed by atoms with Gasteiger partial charge in [-0.2, -0.15) is 0 Å². The number of aliphatic carboxylic acids is 1. The van der Waals surface area contributed by atoms with Gasteiger partial charge in [-0.25, -0.2) is 0 Å². The van der Waals surface area contributed by atoms with Crippen molar-refractivity contribution < 1.29 is 108 Å². The van der Waals surface area contributed by atoms with Gasteiger partial charge >= 0.3 is 5.97 Å². The van der Waals surface area contributed by atoms with Gasteiger partial charge < -0.3 is 118 Å². The van der Waals surface area contributed by atoms with Crippen molar-refractivity contribution in [3.05, 3.63) is 0 Å². The number of nitrogens with two attached hydrogens (primary N) is 1. The number of aliphatic hydroxyl groups is 8. The van der Waals surface area contributed by atoms with Crippen LogP contribution in [0.3, 0.4) is 0 Å². The molecule has 2 rings (SSSR count). The third-order valence-corrected chi connectivity index (χ3v) is 12.9. The van der Waals surface area contributed by atoms with Crippen molar-refractivity contribution in [2.24, 2.45) is 11.7 Å². The number of unbranched alkanes of at least 4 members (excludes halogenated alkanes) is 1. The van der Waals surface area contributed by atoms with Crippen LogP contribution in [0.5, 0.6) is 0 Å². The molecule has 0 spiro atoms. The predicted octanol–water partition coefficient (Wildman–Crippen LogP) is -9.56. The summed E-state index contributed by atoms with van der Waals surface area (Å²) in [7, 11) is 1.68. The number of carboxylic acid groups (broad SMARTS) is 1. The molecular weight excluding hydrogens is 1040 g/mol. The van der Waals surface area contributed by atoms with Crippen LogP contribution < -0.4 is 53.6 Å². The average Bonchev–Trinajstić information content (AvgIpc) is 3.37. The molecule has 2 fully saturated rings. The Bertz CT molecular complexity index is 1990. The topological polar surface area (TPSA) is 507 Å². The van der Waals surface area contributed by atoms with Gasteiger partial charge in [-0.3, -0.25) is 43.2 Å². The summed E-state index contributed by atoms with van der Waals surface area (Å²) in [6, 6.07) is -13.8. The van der Waals surface area contributed by atoms with E-state index in [1.54, 1.807) is 20.9 Å². The first-order valence-corrected chi connectivity index (χ1v) is 25.4. The maximum atomic E-state index is 14.4. The molecule has 0 radical (unpaired) electrons. The van der Waals surface area contributed by atoms with Gasteiger partial charge in [0, 0.05) is 13.8 Å². The van der Waals surface area contributed by atoms with Crippen molar-refractivity contribution in [1.82, 2.24) is 47.9 Å². The van der Waals surface area contributed by atoms with E-state index in [2.05, 4.69) is 47.9 Å². The van der Waals surface area contributed by atoms with Crippen LogP contribution in [0.1, 0.15) is 74.1 Å². The molecule has 20 N–H and O–H groups in total. The van der Waals surface area contributed by atoms with Gasteiger partial charge in [-0.15, -0.1) is 0 Å². The molecule has 8 amide bonds. The number of carbonyl (C=O) groups is 9. The third-order valence-electron chi connectivity index (χ3n) is 12.9. The Morgan fingerprint density at radius 1 is 0.615 bits per heavy atom. The highest BCUT2D eigenvalue weighted by Crippen LogP contribution is 2.25. The first kappa shape index (κ1) is 68.8. The Hall–Kier alpha value is -5.33. The minimum atomic E-state index is -2.09. The van der Waals surface area contributed by atoms with Crippen LogP contribution in [-0.2, 0) is 62.1 Å². The minimum absolute atomic E-state index is 0.0337. The molecule has 448 valence electrons. The second-order valence-electron chi connectivity index (χ2n) is 19.2. The summed E-state index contributed by atoms with van der Waals surface area (Å²) in [4.78, 5) is 119. The number of ether oxygens (including phenoxy) is 4. The van der Waals surface area contributed by atoms with E-state index >= 15 is 0 Å². The molecular formula is C46H82N10O22. The summed E-state index contributed by atoms with van der Waals surface area (Å²) in [5.74, 6) is -10.4. The maximum absolute atomic E-state index is 14.4. The van der Waals surface area contributed by atoms with Crippen molar-refractivity contribution in [3.8, 4) is 0 Å². The SMILES string of the molecule is CC[C@H](C)C(N)C(=O)NC(C(=O)NC(C(=O)NC(CO[C@H]1OC(CO)[C@H](O)C(O)C1NC(C)=O)C(=O)NC(C(=O)N[C@@H](CCCCNC)C(=O)NCC(=O)O)[C@@H](C)O)[C@@H](C)O)[C@@H](C)O[C@H]1OC(CO)[C@H](O)C(O)C1NC(C)=O. The van der Waals surface area contributed by atoms with E-state index in [0.717, 1.165) is 27.7 Å².